The van der Waals surface area contributed by atoms with E-state index in [-0.39, 0.29) is 12.0 Å². The number of hydrogen-bond acceptors (Lipinski definition) is 4. The van der Waals surface area contributed by atoms with Crippen molar-refractivity contribution in [1.82, 2.24) is 10.3 Å². The van der Waals surface area contributed by atoms with Gasteiger partial charge >= 0.3 is 0 Å². The van der Waals surface area contributed by atoms with Crippen LogP contribution in [0.5, 0.6) is 0 Å². The third-order valence-corrected chi connectivity index (χ3v) is 4.46. The van der Waals surface area contributed by atoms with Crippen molar-refractivity contribution in [1.29, 1.82) is 0 Å². The van der Waals surface area contributed by atoms with Crippen LogP contribution in [0.2, 0.25) is 0 Å². The van der Waals surface area contributed by atoms with Gasteiger partial charge in [0.25, 0.3) is 0 Å². The number of aromatic nitrogens is 1. The SMILES string of the molecule is Cc1ccc(-c2nc(CNC(=O)C3CCCO3)cs2)cc1. The highest BCUT2D eigenvalue weighted by Gasteiger charge is 2.23. The van der Waals surface area contributed by atoms with Crippen LogP contribution < -0.4 is 5.32 Å². The van der Waals surface area contributed by atoms with Crippen molar-refractivity contribution < 1.29 is 9.53 Å². The monoisotopic (exact) mass is 302 g/mol. The van der Waals surface area contributed by atoms with Crippen LogP contribution >= 0.6 is 11.3 Å². The molecular formula is C16H18N2O2S. The van der Waals surface area contributed by atoms with Gasteiger partial charge in [0.2, 0.25) is 5.91 Å². The molecule has 0 saturated carbocycles. The highest BCUT2D eigenvalue weighted by atomic mass is 32.1. The fourth-order valence-corrected chi connectivity index (χ4v) is 3.12. The van der Waals surface area contributed by atoms with Crippen LogP contribution in [-0.2, 0) is 16.1 Å². The zero-order valence-electron chi connectivity index (χ0n) is 12.0. The molecule has 0 radical (unpaired) electrons. The Bertz CT molecular complexity index is 615. The first-order chi connectivity index (χ1) is 10.2. The van der Waals surface area contributed by atoms with Crippen molar-refractivity contribution in [3.8, 4) is 10.6 Å². The summed E-state index contributed by atoms with van der Waals surface area (Å²) in [5.74, 6) is -0.0302. The third-order valence-electron chi connectivity index (χ3n) is 3.52. The number of aryl methyl sites for hydroxylation is 1. The molecule has 1 fully saturated rings. The molecule has 4 nitrogen and oxygen atoms in total. The van der Waals surface area contributed by atoms with Gasteiger partial charge in [0.1, 0.15) is 11.1 Å². The van der Waals surface area contributed by atoms with Crippen LogP contribution in [0.1, 0.15) is 24.1 Å². The van der Waals surface area contributed by atoms with E-state index in [1.54, 1.807) is 11.3 Å². The maximum absolute atomic E-state index is 11.9. The number of thiazole rings is 1. The summed E-state index contributed by atoms with van der Waals surface area (Å²) >= 11 is 1.60. The summed E-state index contributed by atoms with van der Waals surface area (Å²) in [5.41, 5.74) is 3.24. The van der Waals surface area contributed by atoms with Crippen LogP contribution in [0.3, 0.4) is 0 Å². The predicted octanol–water partition coefficient (Wildman–Crippen LogP) is 2.91. The Hall–Kier alpha value is -1.72. The molecule has 0 bridgehead atoms. The third kappa shape index (κ3) is 3.49. The van der Waals surface area contributed by atoms with Crippen molar-refractivity contribution in [2.45, 2.75) is 32.4 Å². The number of benzene rings is 1. The lowest BCUT2D eigenvalue weighted by Gasteiger charge is -2.08. The van der Waals surface area contributed by atoms with Gasteiger partial charge in [-0.15, -0.1) is 11.3 Å². The second-order valence-electron chi connectivity index (χ2n) is 5.23. The maximum Gasteiger partial charge on any atom is 0.249 e. The number of nitrogens with zero attached hydrogens (tertiary/aromatic N) is 1. The number of carbonyl (C=O) groups excluding carboxylic acids is 1. The lowest BCUT2D eigenvalue weighted by Crippen LogP contribution is -2.33. The molecular weight excluding hydrogens is 284 g/mol. The van der Waals surface area contributed by atoms with E-state index < -0.39 is 0 Å². The average Bonchev–Trinajstić information content (AvgIpc) is 3.17. The van der Waals surface area contributed by atoms with Gasteiger partial charge in [0.05, 0.1) is 12.2 Å². The van der Waals surface area contributed by atoms with Crippen LogP contribution in [0.25, 0.3) is 10.6 Å². The molecule has 1 aromatic carbocycles. The topological polar surface area (TPSA) is 51.2 Å². The van der Waals surface area contributed by atoms with Crippen molar-refractivity contribution in [2.75, 3.05) is 6.61 Å². The van der Waals surface area contributed by atoms with Gasteiger partial charge in [0, 0.05) is 17.6 Å². The molecule has 1 aliphatic rings. The minimum atomic E-state index is -0.278. The smallest absolute Gasteiger partial charge is 0.249 e. The Morgan fingerprint density at radius 2 is 2.24 bits per heavy atom. The Morgan fingerprint density at radius 1 is 1.43 bits per heavy atom. The van der Waals surface area contributed by atoms with Gasteiger partial charge < -0.3 is 10.1 Å². The number of nitrogens with one attached hydrogen (secondary N) is 1. The van der Waals surface area contributed by atoms with Crippen molar-refractivity contribution >= 4 is 17.2 Å². The first-order valence-electron chi connectivity index (χ1n) is 7.13. The van der Waals surface area contributed by atoms with E-state index >= 15 is 0 Å². The number of hydrogen-bond donors (Lipinski definition) is 1. The lowest BCUT2D eigenvalue weighted by molar-refractivity contribution is -0.130. The van der Waals surface area contributed by atoms with Gasteiger partial charge in [-0.25, -0.2) is 4.98 Å². The van der Waals surface area contributed by atoms with Crippen LogP contribution in [0, 0.1) is 6.92 Å². The molecule has 2 heterocycles. The zero-order valence-corrected chi connectivity index (χ0v) is 12.8. The number of ether oxygens (including phenoxy) is 1. The summed E-state index contributed by atoms with van der Waals surface area (Å²) in [6.07, 6.45) is 1.50. The van der Waals surface area contributed by atoms with Crippen LogP contribution in [0.15, 0.2) is 29.6 Å². The minimum Gasteiger partial charge on any atom is -0.368 e. The number of carbonyl (C=O) groups is 1. The van der Waals surface area contributed by atoms with Gasteiger partial charge in [-0.1, -0.05) is 29.8 Å². The van der Waals surface area contributed by atoms with E-state index in [1.807, 2.05) is 5.38 Å². The Balaban J connectivity index is 1.60. The molecule has 0 spiro atoms. The molecule has 1 amide bonds. The summed E-state index contributed by atoms with van der Waals surface area (Å²) in [7, 11) is 0. The Labute approximate surface area is 128 Å². The van der Waals surface area contributed by atoms with Crippen molar-refractivity contribution in [3.63, 3.8) is 0 Å². The molecule has 1 saturated heterocycles. The molecule has 5 heteroatoms. The molecule has 1 aromatic heterocycles. The standard InChI is InChI=1S/C16H18N2O2S/c1-11-4-6-12(7-5-11)16-18-13(10-21-16)9-17-15(19)14-3-2-8-20-14/h4-7,10,14H,2-3,8-9H2,1H3,(H,17,19). The van der Waals surface area contributed by atoms with Gasteiger partial charge in [0.15, 0.2) is 0 Å². The van der Waals surface area contributed by atoms with E-state index in [0.717, 1.165) is 29.1 Å². The summed E-state index contributed by atoms with van der Waals surface area (Å²) < 4.78 is 5.36. The van der Waals surface area contributed by atoms with E-state index in [9.17, 15) is 4.79 Å². The van der Waals surface area contributed by atoms with Gasteiger partial charge in [-0.2, -0.15) is 0 Å². The first-order valence-corrected chi connectivity index (χ1v) is 8.01. The van der Waals surface area contributed by atoms with E-state index in [2.05, 4.69) is 41.5 Å². The second kappa shape index (κ2) is 6.37. The Morgan fingerprint density at radius 3 is 2.95 bits per heavy atom. The van der Waals surface area contributed by atoms with E-state index in [4.69, 9.17) is 4.74 Å². The van der Waals surface area contributed by atoms with Gasteiger partial charge in [-0.3, -0.25) is 4.79 Å². The van der Waals surface area contributed by atoms with Crippen LogP contribution in [-0.4, -0.2) is 23.6 Å². The number of amides is 1. The van der Waals surface area contributed by atoms with Crippen LogP contribution in [0.4, 0.5) is 0 Å². The first kappa shape index (κ1) is 14.2. The quantitative estimate of drug-likeness (QED) is 0.945. The highest BCUT2D eigenvalue weighted by Crippen LogP contribution is 2.24. The largest absolute Gasteiger partial charge is 0.368 e. The summed E-state index contributed by atoms with van der Waals surface area (Å²) in [6.45, 7) is 3.21. The molecule has 0 aliphatic carbocycles. The second-order valence-corrected chi connectivity index (χ2v) is 6.09. The normalized spacial score (nSPS) is 17.9. The fraction of sp³-hybridized carbons (Fsp3) is 0.375. The Kier molecular flexibility index (Phi) is 4.31. The number of rotatable bonds is 4. The molecule has 110 valence electrons. The molecule has 2 aromatic rings. The maximum atomic E-state index is 11.9. The van der Waals surface area contributed by atoms with Gasteiger partial charge in [-0.05, 0) is 19.8 Å². The predicted molar refractivity (Wildman–Crippen MR) is 83.1 cm³/mol. The lowest BCUT2D eigenvalue weighted by atomic mass is 10.2. The van der Waals surface area contributed by atoms with Crippen molar-refractivity contribution in [3.05, 3.63) is 40.9 Å². The molecule has 3 rings (SSSR count). The molecule has 1 N–H and O–H groups in total. The zero-order chi connectivity index (χ0) is 14.7. The summed E-state index contributed by atoms with van der Waals surface area (Å²) in [5, 5.41) is 5.87. The molecule has 1 aliphatic heterocycles. The van der Waals surface area contributed by atoms with E-state index in [1.165, 1.54) is 5.56 Å². The van der Waals surface area contributed by atoms with E-state index in [0.29, 0.717) is 13.2 Å². The molecule has 21 heavy (non-hydrogen) atoms. The molecule has 1 unspecified atom stereocenters. The summed E-state index contributed by atoms with van der Waals surface area (Å²) in [6, 6.07) is 8.30. The minimum absolute atomic E-state index is 0.0302. The van der Waals surface area contributed by atoms with Crippen molar-refractivity contribution in [2.24, 2.45) is 0 Å². The summed E-state index contributed by atoms with van der Waals surface area (Å²) in [4.78, 5) is 16.4. The fourth-order valence-electron chi connectivity index (χ4n) is 2.29. The highest BCUT2D eigenvalue weighted by molar-refractivity contribution is 7.13. The average molecular weight is 302 g/mol. The molecule has 1 atom stereocenters.